The van der Waals surface area contributed by atoms with E-state index in [1.165, 1.54) is 12.5 Å². The van der Waals surface area contributed by atoms with Gasteiger partial charge in [-0.15, -0.1) is 0 Å². The Morgan fingerprint density at radius 2 is 2.00 bits per heavy atom. The monoisotopic (exact) mass is 313 g/mol. The van der Waals surface area contributed by atoms with Crippen LogP contribution in [-0.4, -0.2) is 5.91 Å². The van der Waals surface area contributed by atoms with Gasteiger partial charge in [-0.3, -0.25) is 4.79 Å². The zero-order valence-corrected chi connectivity index (χ0v) is 12.0. The van der Waals surface area contributed by atoms with E-state index in [0.717, 1.165) is 25.7 Å². The Kier molecular flexibility index (Phi) is 4.05. The molecule has 1 amide bonds. The molecule has 1 aromatic rings. The molecule has 0 unspecified atom stereocenters. The van der Waals surface area contributed by atoms with Gasteiger partial charge in [0.25, 0.3) is 0 Å². The predicted molar refractivity (Wildman–Crippen MR) is 73.9 cm³/mol. The summed E-state index contributed by atoms with van der Waals surface area (Å²) in [5, 5.41) is 2.71. The summed E-state index contributed by atoms with van der Waals surface area (Å²) in [6, 6.07) is 4.67. The van der Waals surface area contributed by atoms with Crippen LogP contribution in [0.5, 0.6) is 0 Å². The molecule has 0 atom stereocenters. The summed E-state index contributed by atoms with van der Waals surface area (Å²) in [4.78, 5) is 12.2. The van der Waals surface area contributed by atoms with Crippen LogP contribution in [0.3, 0.4) is 0 Å². The van der Waals surface area contributed by atoms with Gasteiger partial charge < -0.3 is 5.32 Å². The third kappa shape index (κ3) is 2.91. The minimum atomic E-state index is -0.405. The van der Waals surface area contributed by atoms with Crippen molar-refractivity contribution < 1.29 is 9.18 Å². The van der Waals surface area contributed by atoms with Crippen molar-refractivity contribution >= 4 is 27.5 Å². The molecule has 1 aromatic carbocycles. The number of hydrogen-bond acceptors (Lipinski definition) is 1. The van der Waals surface area contributed by atoms with Crippen LogP contribution in [0.2, 0.25) is 0 Å². The Balaban J connectivity index is 2.11. The second-order valence-corrected chi connectivity index (χ2v) is 6.12. The minimum absolute atomic E-state index is 0.0663. The number of nitrogens with one attached hydrogen (secondary N) is 1. The van der Waals surface area contributed by atoms with E-state index in [0.29, 0.717) is 4.47 Å². The molecule has 4 heteroatoms. The van der Waals surface area contributed by atoms with Crippen molar-refractivity contribution in [3.05, 3.63) is 28.5 Å². The Hall–Kier alpha value is -0.900. The molecule has 2 rings (SSSR count). The fourth-order valence-electron chi connectivity index (χ4n) is 2.42. The van der Waals surface area contributed by atoms with Crippen molar-refractivity contribution in [2.24, 2.45) is 5.41 Å². The summed E-state index contributed by atoms with van der Waals surface area (Å²) in [7, 11) is 0. The number of carbonyl (C=O) groups excluding carboxylic acids is 1. The van der Waals surface area contributed by atoms with E-state index in [1.807, 2.05) is 6.92 Å². The van der Waals surface area contributed by atoms with E-state index in [-0.39, 0.29) is 17.0 Å². The van der Waals surface area contributed by atoms with Gasteiger partial charge in [0.1, 0.15) is 5.82 Å². The molecule has 1 fully saturated rings. The highest BCUT2D eigenvalue weighted by atomic mass is 79.9. The molecule has 1 N–H and O–H groups in total. The van der Waals surface area contributed by atoms with Crippen LogP contribution in [0.15, 0.2) is 22.7 Å². The molecule has 0 spiro atoms. The van der Waals surface area contributed by atoms with E-state index in [2.05, 4.69) is 21.2 Å². The van der Waals surface area contributed by atoms with Gasteiger partial charge in [-0.1, -0.05) is 42.1 Å². The zero-order chi connectivity index (χ0) is 13.2. The first-order valence-electron chi connectivity index (χ1n) is 6.28. The second kappa shape index (κ2) is 5.39. The molecule has 0 heterocycles. The number of anilines is 1. The Labute approximate surface area is 115 Å². The Morgan fingerprint density at radius 1 is 1.33 bits per heavy atom. The average molecular weight is 314 g/mol. The largest absolute Gasteiger partial charge is 0.323 e. The molecule has 0 aromatic heterocycles. The lowest BCUT2D eigenvalue weighted by molar-refractivity contribution is -0.126. The summed E-state index contributed by atoms with van der Waals surface area (Å²) in [5.41, 5.74) is -0.0902. The maximum absolute atomic E-state index is 13.7. The fourth-order valence-corrected chi connectivity index (χ4v) is 2.76. The summed E-state index contributed by atoms with van der Waals surface area (Å²) >= 11 is 3.20. The smallest absolute Gasteiger partial charge is 0.230 e. The maximum atomic E-state index is 13.7. The van der Waals surface area contributed by atoms with Crippen molar-refractivity contribution in [1.29, 1.82) is 0 Å². The minimum Gasteiger partial charge on any atom is -0.323 e. The molecule has 1 aliphatic rings. The quantitative estimate of drug-likeness (QED) is 0.856. The number of rotatable bonds is 2. The summed E-state index contributed by atoms with van der Waals surface area (Å²) in [6.07, 6.45) is 5.11. The maximum Gasteiger partial charge on any atom is 0.230 e. The fraction of sp³-hybridized carbons (Fsp3) is 0.500. The molecule has 1 saturated carbocycles. The molecule has 0 saturated heterocycles. The number of carbonyl (C=O) groups is 1. The highest BCUT2D eigenvalue weighted by Crippen LogP contribution is 2.37. The first-order valence-corrected chi connectivity index (χ1v) is 7.07. The number of hydrogen-bond donors (Lipinski definition) is 1. The topological polar surface area (TPSA) is 29.1 Å². The molecule has 0 radical (unpaired) electrons. The standard InChI is InChI=1S/C14H17BrFNO/c1-14(7-3-2-4-8-14)13(18)17-12-6-5-10(15)9-11(12)16/h5-6,9H,2-4,7-8H2,1H3,(H,17,18). The van der Waals surface area contributed by atoms with E-state index in [1.54, 1.807) is 12.1 Å². The number of benzene rings is 1. The Bertz CT molecular complexity index is 455. The van der Waals surface area contributed by atoms with Gasteiger partial charge in [0.15, 0.2) is 0 Å². The van der Waals surface area contributed by atoms with Crippen LogP contribution < -0.4 is 5.32 Å². The van der Waals surface area contributed by atoms with E-state index in [4.69, 9.17) is 0 Å². The summed E-state index contributed by atoms with van der Waals surface area (Å²) in [5.74, 6) is -0.472. The normalized spacial score (nSPS) is 18.4. The molecule has 0 aliphatic heterocycles. The van der Waals surface area contributed by atoms with E-state index >= 15 is 0 Å². The van der Waals surface area contributed by atoms with Crippen LogP contribution >= 0.6 is 15.9 Å². The van der Waals surface area contributed by atoms with Gasteiger partial charge in [-0.25, -0.2) is 4.39 Å². The number of halogens is 2. The van der Waals surface area contributed by atoms with Crippen LogP contribution in [0.4, 0.5) is 10.1 Å². The molecule has 98 valence electrons. The van der Waals surface area contributed by atoms with Crippen LogP contribution in [0, 0.1) is 11.2 Å². The van der Waals surface area contributed by atoms with Gasteiger partial charge in [-0.2, -0.15) is 0 Å². The van der Waals surface area contributed by atoms with Crippen LogP contribution in [0.1, 0.15) is 39.0 Å². The summed E-state index contributed by atoms with van der Waals surface area (Å²) < 4.78 is 14.3. The van der Waals surface area contributed by atoms with Gasteiger partial charge in [0.05, 0.1) is 5.69 Å². The highest BCUT2D eigenvalue weighted by molar-refractivity contribution is 9.10. The first kappa shape index (κ1) is 13.5. The predicted octanol–water partition coefficient (Wildman–Crippen LogP) is 4.50. The first-order chi connectivity index (χ1) is 8.51. The molecular formula is C14H17BrFNO. The highest BCUT2D eigenvalue weighted by Gasteiger charge is 2.34. The Morgan fingerprint density at radius 3 is 2.61 bits per heavy atom. The van der Waals surface area contributed by atoms with Gasteiger partial charge in [-0.05, 0) is 31.0 Å². The van der Waals surface area contributed by atoms with E-state index in [9.17, 15) is 9.18 Å². The van der Waals surface area contributed by atoms with Crippen LogP contribution in [-0.2, 0) is 4.79 Å². The van der Waals surface area contributed by atoms with Crippen LogP contribution in [0.25, 0.3) is 0 Å². The third-order valence-corrected chi connectivity index (χ3v) is 4.18. The molecule has 1 aliphatic carbocycles. The second-order valence-electron chi connectivity index (χ2n) is 5.20. The lowest BCUT2D eigenvalue weighted by Crippen LogP contribution is -2.35. The summed E-state index contributed by atoms with van der Waals surface area (Å²) in [6.45, 7) is 1.97. The lowest BCUT2D eigenvalue weighted by Gasteiger charge is -2.32. The van der Waals surface area contributed by atoms with Crippen molar-refractivity contribution in [3.63, 3.8) is 0 Å². The lowest BCUT2D eigenvalue weighted by atomic mass is 9.75. The SMILES string of the molecule is CC1(C(=O)Nc2ccc(Br)cc2F)CCCCC1. The third-order valence-electron chi connectivity index (χ3n) is 3.68. The van der Waals surface area contributed by atoms with E-state index < -0.39 is 5.82 Å². The molecular weight excluding hydrogens is 297 g/mol. The van der Waals surface area contributed by atoms with Gasteiger partial charge in [0.2, 0.25) is 5.91 Å². The van der Waals surface area contributed by atoms with Gasteiger partial charge in [0, 0.05) is 9.89 Å². The van der Waals surface area contributed by atoms with Crippen molar-refractivity contribution in [2.75, 3.05) is 5.32 Å². The van der Waals surface area contributed by atoms with Crippen molar-refractivity contribution in [1.82, 2.24) is 0 Å². The number of amides is 1. The molecule has 2 nitrogen and oxygen atoms in total. The molecule has 0 bridgehead atoms. The van der Waals surface area contributed by atoms with Crippen molar-refractivity contribution in [2.45, 2.75) is 39.0 Å². The zero-order valence-electron chi connectivity index (χ0n) is 10.4. The van der Waals surface area contributed by atoms with Gasteiger partial charge >= 0.3 is 0 Å². The van der Waals surface area contributed by atoms with Crippen molar-refractivity contribution in [3.8, 4) is 0 Å². The molecule has 18 heavy (non-hydrogen) atoms. The average Bonchev–Trinajstić information content (AvgIpc) is 2.33.